The van der Waals surface area contributed by atoms with Crippen LogP contribution in [0.5, 0.6) is 5.75 Å². The summed E-state index contributed by atoms with van der Waals surface area (Å²) >= 11 is 0. The van der Waals surface area contributed by atoms with E-state index in [1.165, 1.54) is 15.8 Å². The van der Waals surface area contributed by atoms with Crippen LogP contribution in [-0.4, -0.2) is 59.5 Å². The first-order valence-corrected chi connectivity index (χ1v) is 9.05. The van der Waals surface area contributed by atoms with Crippen LogP contribution in [0.4, 0.5) is 10.6 Å². The summed E-state index contributed by atoms with van der Waals surface area (Å²) in [4.78, 5) is 30.7. The van der Waals surface area contributed by atoms with Crippen molar-refractivity contribution in [2.24, 2.45) is 0 Å². The van der Waals surface area contributed by atoms with E-state index in [4.69, 9.17) is 9.47 Å². The Labute approximate surface area is 168 Å². The summed E-state index contributed by atoms with van der Waals surface area (Å²) in [6.45, 7) is 3.86. The van der Waals surface area contributed by atoms with Gasteiger partial charge in [-0.3, -0.25) is 5.32 Å². The van der Waals surface area contributed by atoms with Gasteiger partial charge in [-0.05, 0) is 31.5 Å². The normalized spacial score (nSPS) is 10.7. The number of para-hydroxylation sites is 1. The standard InChI is InChI=1S/C20H23N5O4/c1-6-29-19(26)14-11-21-25(18(14)23-20(27)24(3)4)16-10-12(2)13-8-7-9-15(28-5)17(13)22-16/h7-11H,6H2,1-5H3,(H,23,27). The first-order valence-electron chi connectivity index (χ1n) is 9.05. The Morgan fingerprint density at radius 1 is 1.28 bits per heavy atom. The second kappa shape index (κ2) is 8.17. The van der Waals surface area contributed by atoms with Crippen LogP contribution in [0.2, 0.25) is 0 Å². The first kappa shape index (κ1) is 20.1. The minimum Gasteiger partial charge on any atom is -0.494 e. The number of nitrogens with one attached hydrogen (secondary N) is 1. The molecule has 1 aromatic carbocycles. The molecule has 152 valence electrons. The predicted octanol–water partition coefficient (Wildman–Crippen LogP) is 3.01. The molecule has 0 saturated carbocycles. The summed E-state index contributed by atoms with van der Waals surface area (Å²) in [6.07, 6.45) is 1.35. The van der Waals surface area contributed by atoms with Crippen molar-refractivity contribution in [2.75, 3.05) is 33.1 Å². The van der Waals surface area contributed by atoms with Crippen molar-refractivity contribution in [3.8, 4) is 11.6 Å². The number of hydrogen-bond acceptors (Lipinski definition) is 6. The zero-order valence-corrected chi connectivity index (χ0v) is 17.0. The molecule has 3 rings (SSSR count). The highest BCUT2D eigenvalue weighted by Crippen LogP contribution is 2.29. The van der Waals surface area contributed by atoms with Crippen LogP contribution in [0.1, 0.15) is 22.8 Å². The zero-order valence-electron chi connectivity index (χ0n) is 17.0. The van der Waals surface area contributed by atoms with E-state index >= 15 is 0 Å². The maximum absolute atomic E-state index is 12.4. The van der Waals surface area contributed by atoms with Gasteiger partial charge >= 0.3 is 12.0 Å². The molecule has 0 aliphatic heterocycles. The summed E-state index contributed by atoms with van der Waals surface area (Å²) < 4.78 is 11.9. The van der Waals surface area contributed by atoms with Crippen LogP contribution in [0.15, 0.2) is 30.5 Å². The minimum atomic E-state index is -0.581. The van der Waals surface area contributed by atoms with Crippen molar-refractivity contribution in [3.05, 3.63) is 41.6 Å². The summed E-state index contributed by atoms with van der Waals surface area (Å²) in [5.74, 6) is 0.652. The molecule has 9 heteroatoms. The Kier molecular flexibility index (Phi) is 5.67. The van der Waals surface area contributed by atoms with Crippen molar-refractivity contribution in [1.29, 1.82) is 0 Å². The fraction of sp³-hybridized carbons (Fsp3) is 0.300. The van der Waals surface area contributed by atoms with Gasteiger partial charge in [-0.2, -0.15) is 9.78 Å². The van der Waals surface area contributed by atoms with Crippen LogP contribution < -0.4 is 10.1 Å². The van der Waals surface area contributed by atoms with E-state index in [9.17, 15) is 9.59 Å². The number of amides is 2. The van der Waals surface area contributed by atoms with Gasteiger partial charge in [-0.25, -0.2) is 14.6 Å². The number of carbonyl (C=O) groups is 2. The molecule has 0 bridgehead atoms. The molecule has 2 amide bonds. The number of fused-ring (bicyclic) bond motifs is 1. The maximum Gasteiger partial charge on any atom is 0.343 e. The molecular weight excluding hydrogens is 374 g/mol. The number of aromatic nitrogens is 3. The number of rotatable bonds is 5. The van der Waals surface area contributed by atoms with E-state index in [0.29, 0.717) is 17.1 Å². The van der Waals surface area contributed by atoms with Crippen LogP contribution in [0.25, 0.3) is 16.7 Å². The topological polar surface area (TPSA) is 98.6 Å². The van der Waals surface area contributed by atoms with Gasteiger partial charge in [0.1, 0.15) is 16.8 Å². The predicted molar refractivity (Wildman–Crippen MR) is 109 cm³/mol. The molecule has 2 aromatic heterocycles. The van der Waals surface area contributed by atoms with Crippen LogP contribution in [-0.2, 0) is 4.74 Å². The van der Waals surface area contributed by atoms with Crippen molar-refractivity contribution in [1.82, 2.24) is 19.7 Å². The molecule has 2 heterocycles. The molecule has 0 unspecified atom stereocenters. The van der Waals surface area contributed by atoms with Crippen molar-refractivity contribution < 1.29 is 19.1 Å². The van der Waals surface area contributed by atoms with Gasteiger partial charge in [0.05, 0.1) is 19.9 Å². The number of pyridine rings is 1. The lowest BCUT2D eigenvalue weighted by Gasteiger charge is -2.15. The second-order valence-electron chi connectivity index (χ2n) is 6.52. The average molecular weight is 397 g/mol. The highest BCUT2D eigenvalue weighted by atomic mass is 16.5. The van der Waals surface area contributed by atoms with Crippen LogP contribution in [0, 0.1) is 6.92 Å². The van der Waals surface area contributed by atoms with E-state index < -0.39 is 12.0 Å². The monoisotopic (exact) mass is 397 g/mol. The molecule has 0 fully saturated rings. The summed E-state index contributed by atoms with van der Waals surface area (Å²) in [5, 5.41) is 7.93. The zero-order chi connectivity index (χ0) is 21.1. The molecule has 29 heavy (non-hydrogen) atoms. The quantitative estimate of drug-likeness (QED) is 0.665. The summed E-state index contributed by atoms with van der Waals surface area (Å²) in [5.41, 5.74) is 1.74. The molecule has 0 aliphatic carbocycles. The number of ether oxygens (including phenoxy) is 2. The number of hydrogen-bond donors (Lipinski definition) is 1. The van der Waals surface area contributed by atoms with E-state index in [2.05, 4.69) is 15.4 Å². The third-order valence-corrected chi connectivity index (χ3v) is 4.33. The molecule has 3 aromatic rings. The Hall–Kier alpha value is -3.62. The Morgan fingerprint density at radius 3 is 2.69 bits per heavy atom. The summed E-state index contributed by atoms with van der Waals surface area (Å²) in [6, 6.07) is 7.08. The SMILES string of the molecule is CCOC(=O)c1cnn(-c2cc(C)c3cccc(OC)c3n2)c1NC(=O)N(C)C. The van der Waals surface area contributed by atoms with Gasteiger partial charge < -0.3 is 14.4 Å². The first-order chi connectivity index (χ1) is 13.9. The molecule has 0 aliphatic rings. The molecular formula is C20H23N5O4. The Balaban J connectivity index is 2.20. The second-order valence-corrected chi connectivity index (χ2v) is 6.52. The maximum atomic E-state index is 12.4. The smallest absolute Gasteiger partial charge is 0.343 e. The Bertz CT molecular complexity index is 1070. The summed E-state index contributed by atoms with van der Waals surface area (Å²) in [7, 11) is 4.78. The number of carbonyl (C=O) groups excluding carboxylic acids is 2. The number of anilines is 1. The van der Waals surface area contributed by atoms with Gasteiger partial charge in [0.2, 0.25) is 0 Å². The lowest BCUT2D eigenvalue weighted by molar-refractivity contribution is 0.0527. The van der Waals surface area contributed by atoms with E-state index in [-0.39, 0.29) is 18.0 Å². The number of nitrogens with zero attached hydrogens (tertiary/aromatic N) is 4. The van der Waals surface area contributed by atoms with Gasteiger partial charge in [-0.1, -0.05) is 12.1 Å². The van der Waals surface area contributed by atoms with Crippen LogP contribution >= 0.6 is 0 Å². The van der Waals surface area contributed by atoms with E-state index in [1.54, 1.807) is 28.1 Å². The average Bonchev–Trinajstić information content (AvgIpc) is 3.11. The number of methoxy groups -OCH3 is 1. The molecule has 9 nitrogen and oxygen atoms in total. The number of benzene rings is 1. The van der Waals surface area contributed by atoms with E-state index in [0.717, 1.165) is 10.9 Å². The third kappa shape index (κ3) is 3.84. The molecule has 1 N–H and O–H groups in total. The largest absolute Gasteiger partial charge is 0.494 e. The van der Waals surface area contributed by atoms with Gasteiger partial charge in [0, 0.05) is 19.5 Å². The van der Waals surface area contributed by atoms with Crippen molar-refractivity contribution in [3.63, 3.8) is 0 Å². The Morgan fingerprint density at radius 2 is 2.03 bits per heavy atom. The molecule has 0 atom stereocenters. The van der Waals surface area contributed by atoms with Gasteiger partial charge in [0.15, 0.2) is 11.6 Å². The van der Waals surface area contributed by atoms with Crippen LogP contribution in [0.3, 0.4) is 0 Å². The number of esters is 1. The highest BCUT2D eigenvalue weighted by Gasteiger charge is 2.23. The molecule has 0 radical (unpaired) electrons. The highest BCUT2D eigenvalue weighted by molar-refractivity contribution is 6.00. The molecule has 0 spiro atoms. The third-order valence-electron chi connectivity index (χ3n) is 4.33. The minimum absolute atomic E-state index is 0.140. The van der Waals surface area contributed by atoms with E-state index in [1.807, 2.05) is 31.2 Å². The van der Waals surface area contributed by atoms with Gasteiger partial charge in [0.25, 0.3) is 0 Å². The number of aryl methyl sites for hydroxylation is 1. The lowest BCUT2D eigenvalue weighted by Crippen LogP contribution is -2.29. The van der Waals surface area contributed by atoms with Crippen molar-refractivity contribution in [2.45, 2.75) is 13.8 Å². The van der Waals surface area contributed by atoms with Crippen molar-refractivity contribution >= 4 is 28.7 Å². The number of urea groups is 1. The fourth-order valence-corrected chi connectivity index (χ4v) is 2.86. The molecule has 0 saturated heterocycles. The van der Waals surface area contributed by atoms with Gasteiger partial charge in [-0.15, -0.1) is 0 Å². The fourth-order valence-electron chi connectivity index (χ4n) is 2.86. The lowest BCUT2D eigenvalue weighted by atomic mass is 10.1.